The molecule has 0 N–H and O–H groups in total. The summed E-state index contributed by atoms with van der Waals surface area (Å²) >= 11 is 0. The largest absolute Gasteiger partial charge is 0.494 e. The van der Waals surface area contributed by atoms with Gasteiger partial charge in [-0.15, -0.1) is 0 Å². The molecule has 0 saturated heterocycles. The number of aromatic nitrogens is 2. The molecular formula is C26H38N2O3. The van der Waals surface area contributed by atoms with Gasteiger partial charge in [-0.05, 0) is 62.8 Å². The standard InChI is InChI=1S/C26H38N2O3/c1-3-5-6-7-8-9-10-19-31-25-21-27-26(28-22-25)23-13-15-24(16-14-23)30-20-12-11-18-29-17-4-2/h8-9,13-16,21-22H,3-7,10-12,17-20H2,1-2H3/b9-8-. The Labute approximate surface area is 187 Å². The summed E-state index contributed by atoms with van der Waals surface area (Å²) in [6.45, 7) is 7.34. The minimum absolute atomic E-state index is 0.643. The molecule has 31 heavy (non-hydrogen) atoms. The highest BCUT2D eigenvalue weighted by Gasteiger charge is 2.03. The van der Waals surface area contributed by atoms with E-state index in [4.69, 9.17) is 14.2 Å². The average Bonchev–Trinajstić information content (AvgIpc) is 2.81. The van der Waals surface area contributed by atoms with Crippen LogP contribution in [0.4, 0.5) is 0 Å². The van der Waals surface area contributed by atoms with E-state index >= 15 is 0 Å². The number of unbranched alkanes of at least 4 members (excludes halogenated alkanes) is 4. The van der Waals surface area contributed by atoms with Crippen LogP contribution in [-0.4, -0.2) is 36.4 Å². The lowest BCUT2D eigenvalue weighted by molar-refractivity contribution is 0.127. The van der Waals surface area contributed by atoms with Gasteiger partial charge in [0.15, 0.2) is 11.6 Å². The van der Waals surface area contributed by atoms with E-state index in [1.54, 1.807) is 12.4 Å². The molecule has 5 nitrogen and oxygen atoms in total. The molecule has 0 radical (unpaired) electrons. The maximum Gasteiger partial charge on any atom is 0.159 e. The second-order valence-corrected chi connectivity index (χ2v) is 7.54. The van der Waals surface area contributed by atoms with Gasteiger partial charge in [0.2, 0.25) is 0 Å². The van der Waals surface area contributed by atoms with E-state index in [1.807, 2.05) is 24.3 Å². The predicted octanol–water partition coefficient (Wildman–Crippen LogP) is 6.63. The Hall–Kier alpha value is -2.40. The summed E-state index contributed by atoms with van der Waals surface area (Å²) in [5, 5.41) is 0. The van der Waals surface area contributed by atoms with E-state index in [2.05, 4.69) is 36.0 Å². The van der Waals surface area contributed by atoms with Crippen molar-refractivity contribution in [2.45, 2.75) is 65.2 Å². The molecule has 0 unspecified atom stereocenters. The van der Waals surface area contributed by atoms with E-state index in [0.29, 0.717) is 24.8 Å². The Morgan fingerprint density at radius 1 is 0.677 bits per heavy atom. The molecular weight excluding hydrogens is 388 g/mol. The van der Waals surface area contributed by atoms with E-state index in [0.717, 1.165) is 56.6 Å². The van der Waals surface area contributed by atoms with E-state index < -0.39 is 0 Å². The minimum Gasteiger partial charge on any atom is -0.494 e. The van der Waals surface area contributed by atoms with Crippen LogP contribution < -0.4 is 9.47 Å². The van der Waals surface area contributed by atoms with Crippen LogP contribution in [0, 0.1) is 0 Å². The Balaban J connectivity index is 1.66. The van der Waals surface area contributed by atoms with Crippen molar-refractivity contribution in [2.24, 2.45) is 0 Å². The third-order valence-electron chi connectivity index (χ3n) is 4.74. The van der Waals surface area contributed by atoms with Crippen molar-refractivity contribution in [3.63, 3.8) is 0 Å². The summed E-state index contributed by atoms with van der Waals surface area (Å²) in [5.41, 5.74) is 0.960. The van der Waals surface area contributed by atoms with Gasteiger partial charge in [0.25, 0.3) is 0 Å². The molecule has 0 aliphatic heterocycles. The zero-order valence-corrected chi connectivity index (χ0v) is 19.2. The first kappa shape index (κ1) is 24.9. The highest BCUT2D eigenvalue weighted by atomic mass is 16.5. The Morgan fingerprint density at radius 3 is 2.13 bits per heavy atom. The van der Waals surface area contributed by atoms with Crippen LogP contribution in [0.25, 0.3) is 11.4 Å². The lowest BCUT2D eigenvalue weighted by Gasteiger charge is -2.08. The number of rotatable bonds is 17. The molecule has 1 aromatic heterocycles. The van der Waals surface area contributed by atoms with Crippen molar-refractivity contribution in [2.75, 3.05) is 26.4 Å². The van der Waals surface area contributed by atoms with Gasteiger partial charge in [0, 0.05) is 18.8 Å². The number of allylic oxidation sites excluding steroid dienone is 1. The number of hydrogen-bond acceptors (Lipinski definition) is 5. The number of ether oxygens (including phenoxy) is 3. The first-order chi connectivity index (χ1) is 15.3. The lowest BCUT2D eigenvalue weighted by Crippen LogP contribution is -2.01. The Bertz CT molecular complexity index is 714. The summed E-state index contributed by atoms with van der Waals surface area (Å²) in [4.78, 5) is 8.86. The molecule has 0 bridgehead atoms. The highest BCUT2D eigenvalue weighted by Crippen LogP contribution is 2.20. The van der Waals surface area contributed by atoms with Gasteiger partial charge in [0.1, 0.15) is 5.75 Å². The monoisotopic (exact) mass is 426 g/mol. The first-order valence-electron chi connectivity index (χ1n) is 11.7. The summed E-state index contributed by atoms with van der Waals surface area (Å²) in [5.74, 6) is 2.25. The zero-order valence-electron chi connectivity index (χ0n) is 19.2. The molecule has 1 heterocycles. The predicted molar refractivity (Wildman–Crippen MR) is 127 cm³/mol. The molecule has 0 fully saturated rings. The fourth-order valence-corrected chi connectivity index (χ4v) is 2.98. The van der Waals surface area contributed by atoms with Gasteiger partial charge in [-0.25, -0.2) is 9.97 Å². The van der Waals surface area contributed by atoms with Crippen molar-refractivity contribution in [3.05, 3.63) is 48.8 Å². The van der Waals surface area contributed by atoms with Gasteiger partial charge >= 0.3 is 0 Å². The van der Waals surface area contributed by atoms with Gasteiger partial charge in [-0.2, -0.15) is 0 Å². The second-order valence-electron chi connectivity index (χ2n) is 7.54. The average molecular weight is 427 g/mol. The van der Waals surface area contributed by atoms with E-state index in [1.165, 1.54) is 19.3 Å². The fraction of sp³-hybridized carbons (Fsp3) is 0.538. The molecule has 0 saturated carbocycles. The molecule has 5 heteroatoms. The third-order valence-corrected chi connectivity index (χ3v) is 4.74. The van der Waals surface area contributed by atoms with Crippen molar-refractivity contribution < 1.29 is 14.2 Å². The summed E-state index contributed by atoms with van der Waals surface area (Å²) < 4.78 is 17.0. The van der Waals surface area contributed by atoms with Crippen molar-refractivity contribution in [1.82, 2.24) is 9.97 Å². The van der Waals surface area contributed by atoms with Crippen molar-refractivity contribution in [3.8, 4) is 22.9 Å². The topological polar surface area (TPSA) is 53.5 Å². The molecule has 1 aromatic carbocycles. The zero-order chi connectivity index (χ0) is 22.0. The Kier molecular flexibility index (Phi) is 13.1. The maximum absolute atomic E-state index is 5.79. The van der Waals surface area contributed by atoms with E-state index in [9.17, 15) is 0 Å². The molecule has 0 atom stereocenters. The molecule has 0 amide bonds. The summed E-state index contributed by atoms with van der Waals surface area (Å²) in [6, 6.07) is 7.89. The SMILES string of the molecule is CCCCC/C=C\CCOc1cnc(-c2ccc(OCCCCOCCC)cc2)nc1. The van der Waals surface area contributed by atoms with Crippen LogP contribution in [0.3, 0.4) is 0 Å². The minimum atomic E-state index is 0.643. The molecule has 0 spiro atoms. The second kappa shape index (κ2) is 16.3. The van der Waals surface area contributed by atoms with Crippen LogP contribution >= 0.6 is 0 Å². The summed E-state index contributed by atoms with van der Waals surface area (Å²) in [7, 11) is 0. The normalized spacial score (nSPS) is 11.2. The summed E-state index contributed by atoms with van der Waals surface area (Å²) in [6.07, 6.45) is 16.9. The lowest BCUT2D eigenvalue weighted by atomic mass is 10.2. The van der Waals surface area contributed by atoms with Crippen LogP contribution in [-0.2, 0) is 4.74 Å². The van der Waals surface area contributed by atoms with Crippen molar-refractivity contribution in [1.29, 1.82) is 0 Å². The van der Waals surface area contributed by atoms with Gasteiger partial charge in [0.05, 0.1) is 25.6 Å². The quantitative estimate of drug-likeness (QED) is 0.210. The van der Waals surface area contributed by atoms with Crippen LogP contribution in [0.15, 0.2) is 48.8 Å². The number of benzene rings is 1. The molecule has 0 aliphatic carbocycles. The van der Waals surface area contributed by atoms with Crippen LogP contribution in [0.2, 0.25) is 0 Å². The number of hydrogen-bond donors (Lipinski definition) is 0. The molecule has 2 rings (SSSR count). The Morgan fingerprint density at radius 2 is 1.39 bits per heavy atom. The smallest absolute Gasteiger partial charge is 0.159 e. The number of nitrogens with zero attached hydrogens (tertiary/aromatic N) is 2. The third kappa shape index (κ3) is 11.0. The molecule has 170 valence electrons. The first-order valence-corrected chi connectivity index (χ1v) is 11.7. The van der Waals surface area contributed by atoms with Crippen LogP contribution in [0.5, 0.6) is 11.5 Å². The van der Waals surface area contributed by atoms with Gasteiger partial charge < -0.3 is 14.2 Å². The van der Waals surface area contributed by atoms with E-state index in [-0.39, 0.29) is 0 Å². The highest BCUT2D eigenvalue weighted by molar-refractivity contribution is 5.56. The van der Waals surface area contributed by atoms with Crippen molar-refractivity contribution >= 4 is 0 Å². The van der Waals surface area contributed by atoms with Crippen LogP contribution in [0.1, 0.15) is 65.2 Å². The molecule has 2 aromatic rings. The van der Waals surface area contributed by atoms with Gasteiger partial charge in [-0.1, -0.05) is 38.8 Å². The molecule has 0 aliphatic rings. The maximum atomic E-state index is 5.79. The fourth-order valence-electron chi connectivity index (χ4n) is 2.98. The van der Waals surface area contributed by atoms with Gasteiger partial charge in [-0.3, -0.25) is 0 Å².